The van der Waals surface area contributed by atoms with Gasteiger partial charge in [0.05, 0.1) is 11.3 Å². The van der Waals surface area contributed by atoms with E-state index >= 15 is 0 Å². The average molecular weight is 243 g/mol. The summed E-state index contributed by atoms with van der Waals surface area (Å²) in [7, 11) is 1.89. The molecule has 0 spiro atoms. The van der Waals surface area contributed by atoms with Gasteiger partial charge in [-0.15, -0.1) is 0 Å². The SMILES string of the molecule is CCC(C)SCc1noc(C(C)(C)NC)n1. The summed E-state index contributed by atoms with van der Waals surface area (Å²) in [4.78, 5) is 4.40. The van der Waals surface area contributed by atoms with Crippen molar-refractivity contribution in [2.45, 2.75) is 50.7 Å². The molecule has 0 amide bonds. The highest BCUT2D eigenvalue weighted by Crippen LogP contribution is 2.21. The van der Waals surface area contributed by atoms with Gasteiger partial charge in [-0.2, -0.15) is 16.7 Å². The minimum Gasteiger partial charge on any atom is -0.337 e. The van der Waals surface area contributed by atoms with E-state index in [0.717, 1.165) is 18.0 Å². The molecule has 0 bridgehead atoms. The molecule has 0 aliphatic heterocycles. The molecule has 0 aromatic carbocycles. The normalized spacial score (nSPS) is 14.1. The second kappa shape index (κ2) is 5.68. The number of hydrogen-bond acceptors (Lipinski definition) is 5. The smallest absolute Gasteiger partial charge is 0.246 e. The third-order valence-corrected chi connectivity index (χ3v) is 4.03. The second-order valence-corrected chi connectivity index (χ2v) is 5.85. The van der Waals surface area contributed by atoms with Crippen molar-refractivity contribution >= 4 is 11.8 Å². The first-order valence-corrected chi connectivity index (χ1v) is 6.68. The van der Waals surface area contributed by atoms with Crippen molar-refractivity contribution in [2.75, 3.05) is 7.05 Å². The molecule has 0 fully saturated rings. The van der Waals surface area contributed by atoms with Gasteiger partial charge in [0.1, 0.15) is 0 Å². The van der Waals surface area contributed by atoms with E-state index in [1.54, 1.807) is 0 Å². The molecule has 0 aliphatic rings. The Bertz CT molecular complexity index is 325. The van der Waals surface area contributed by atoms with Gasteiger partial charge in [-0.05, 0) is 27.3 Å². The van der Waals surface area contributed by atoms with Gasteiger partial charge in [-0.3, -0.25) is 0 Å². The van der Waals surface area contributed by atoms with E-state index in [9.17, 15) is 0 Å². The first kappa shape index (κ1) is 13.5. The fourth-order valence-electron chi connectivity index (χ4n) is 1.01. The van der Waals surface area contributed by atoms with Crippen molar-refractivity contribution in [3.63, 3.8) is 0 Å². The quantitative estimate of drug-likeness (QED) is 0.832. The number of aromatic nitrogens is 2. The Morgan fingerprint density at radius 1 is 1.50 bits per heavy atom. The summed E-state index contributed by atoms with van der Waals surface area (Å²) in [5.41, 5.74) is -0.258. The van der Waals surface area contributed by atoms with Crippen LogP contribution < -0.4 is 5.32 Å². The third-order valence-electron chi connectivity index (χ3n) is 2.70. The molecule has 5 heteroatoms. The van der Waals surface area contributed by atoms with Crippen LogP contribution in [0.15, 0.2) is 4.52 Å². The number of rotatable bonds is 6. The summed E-state index contributed by atoms with van der Waals surface area (Å²) >= 11 is 1.86. The number of nitrogens with one attached hydrogen (secondary N) is 1. The lowest BCUT2D eigenvalue weighted by Crippen LogP contribution is -2.33. The molecule has 0 saturated heterocycles. The van der Waals surface area contributed by atoms with Crippen molar-refractivity contribution < 1.29 is 4.52 Å². The van der Waals surface area contributed by atoms with Crippen LogP contribution in [0.1, 0.15) is 45.8 Å². The van der Waals surface area contributed by atoms with E-state index in [2.05, 4.69) is 29.3 Å². The molecular formula is C11H21N3OS. The lowest BCUT2D eigenvalue weighted by Gasteiger charge is -2.17. The van der Waals surface area contributed by atoms with Gasteiger partial charge < -0.3 is 9.84 Å². The maximum Gasteiger partial charge on any atom is 0.246 e. The maximum atomic E-state index is 5.25. The zero-order chi connectivity index (χ0) is 12.2. The molecule has 1 aromatic rings. The van der Waals surface area contributed by atoms with Crippen molar-refractivity contribution in [2.24, 2.45) is 0 Å². The van der Waals surface area contributed by atoms with Crippen molar-refractivity contribution in [1.29, 1.82) is 0 Å². The zero-order valence-electron chi connectivity index (χ0n) is 10.7. The highest BCUT2D eigenvalue weighted by Gasteiger charge is 2.25. The van der Waals surface area contributed by atoms with E-state index in [-0.39, 0.29) is 5.54 Å². The van der Waals surface area contributed by atoms with Crippen LogP contribution in [0.2, 0.25) is 0 Å². The molecule has 1 heterocycles. The topological polar surface area (TPSA) is 51.0 Å². The van der Waals surface area contributed by atoms with Crippen LogP contribution in [0.5, 0.6) is 0 Å². The summed E-state index contributed by atoms with van der Waals surface area (Å²) in [6, 6.07) is 0. The lowest BCUT2D eigenvalue weighted by atomic mass is 10.1. The van der Waals surface area contributed by atoms with Crippen LogP contribution >= 0.6 is 11.8 Å². The first-order chi connectivity index (χ1) is 7.49. The summed E-state index contributed by atoms with van der Waals surface area (Å²) in [5, 5.41) is 7.77. The molecule has 92 valence electrons. The molecule has 0 radical (unpaired) electrons. The van der Waals surface area contributed by atoms with Gasteiger partial charge in [-0.1, -0.05) is 19.0 Å². The number of nitrogens with zero attached hydrogens (tertiary/aromatic N) is 2. The summed E-state index contributed by atoms with van der Waals surface area (Å²) in [6.07, 6.45) is 1.16. The molecule has 0 aliphatic carbocycles. The standard InChI is InChI=1S/C11H21N3OS/c1-6-8(2)16-7-9-13-10(15-14-9)11(3,4)12-5/h8,12H,6-7H2,1-5H3. The van der Waals surface area contributed by atoms with Crippen LogP contribution in [0.4, 0.5) is 0 Å². The van der Waals surface area contributed by atoms with Gasteiger partial charge in [0, 0.05) is 5.25 Å². The molecule has 1 unspecified atom stereocenters. The van der Waals surface area contributed by atoms with Crippen LogP contribution in [0, 0.1) is 0 Å². The highest BCUT2D eigenvalue weighted by molar-refractivity contribution is 7.99. The Kier molecular flexibility index (Phi) is 4.80. The molecular weight excluding hydrogens is 222 g/mol. The molecule has 1 atom stereocenters. The molecule has 0 saturated carbocycles. The average Bonchev–Trinajstić information content (AvgIpc) is 2.75. The second-order valence-electron chi connectivity index (χ2n) is 4.42. The molecule has 16 heavy (non-hydrogen) atoms. The highest BCUT2D eigenvalue weighted by atomic mass is 32.2. The Balaban J connectivity index is 2.58. The van der Waals surface area contributed by atoms with Crippen LogP contribution in [-0.4, -0.2) is 22.4 Å². The van der Waals surface area contributed by atoms with E-state index in [1.807, 2.05) is 32.7 Å². The molecule has 4 nitrogen and oxygen atoms in total. The van der Waals surface area contributed by atoms with Crippen LogP contribution in [0.3, 0.4) is 0 Å². The Morgan fingerprint density at radius 2 is 2.19 bits per heavy atom. The van der Waals surface area contributed by atoms with Crippen molar-refractivity contribution in [1.82, 2.24) is 15.5 Å². The Hall–Kier alpha value is -0.550. The third kappa shape index (κ3) is 3.49. The fraction of sp³-hybridized carbons (Fsp3) is 0.818. The van der Waals surface area contributed by atoms with Crippen LogP contribution in [-0.2, 0) is 11.3 Å². The predicted octanol–water partition coefficient (Wildman–Crippen LogP) is 2.56. The molecule has 1 aromatic heterocycles. The minimum absolute atomic E-state index is 0.258. The largest absolute Gasteiger partial charge is 0.337 e. The van der Waals surface area contributed by atoms with E-state index < -0.39 is 0 Å². The fourth-order valence-corrected chi connectivity index (χ4v) is 1.79. The minimum atomic E-state index is -0.258. The lowest BCUT2D eigenvalue weighted by molar-refractivity contribution is 0.280. The monoisotopic (exact) mass is 243 g/mol. The van der Waals surface area contributed by atoms with Gasteiger partial charge in [0.2, 0.25) is 5.89 Å². The van der Waals surface area contributed by atoms with E-state index in [4.69, 9.17) is 4.52 Å². The van der Waals surface area contributed by atoms with E-state index in [1.165, 1.54) is 0 Å². The Morgan fingerprint density at radius 3 is 2.75 bits per heavy atom. The molecule has 1 rings (SSSR count). The predicted molar refractivity (Wildman–Crippen MR) is 67.4 cm³/mol. The summed E-state index contributed by atoms with van der Waals surface area (Å²) in [6.45, 7) is 8.44. The zero-order valence-corrected chi connectivity index (χ0v) is 11.5. The van der Waals surface area contributed by atoms with Gasteiger partial charge in [0.15, 0.2) is 5.82 Å². The molecule has 1 N–H and O–H groups in total. The number of thioether (sulfide) groups is 1. The van der Waals surface area contributed by atoms with Gasteiger partial charge in [0.25, 0.3) is 0 Å². The maximum absolute atomic E-state index is 5.25. The van der Waals surface area contributed by atoms with Crippen molar-refractivity contribution in [3.8, 4) is 0 Å². The van der Waals surface area contributed by atoms with Crippen molar-refractivity contribution in [3.05, 3.63) is 11.7 Å². The Labute approximate surface area is 102 Å². The van der Waals surface area contributed by atoms with E-state index in [0.29, 0.717) is 11.1 Å². The summed E-state index contributed by atoms with van der Waals surface area (Å²) in [5.74, 6) is 2.25. The first-order valence-electron chi connectivity index (χ1n) is 5.63. The van der Waals surface area contributed by atoms with Gasteiger partial charge >= 0.3 is 0 Å². The van der Waals surface area contributed by atoms with Gasteiger partial charge in [-0.25, -0.2) is 0 Å². The summed E-state index contributed by atoms with van der Waals surface area (Å²) < 4.78 is 5.25. The number of hydrogen-bond donors (Lipinski definition) is 1. The van der Waals surface area contributed by atoms with Crippen LogP contribution in [0.25, 0.3) is 0 Å².